The molecule has 0 heterocycles. The number of likely N-dealkylation sites (N-methyl/N-ethyl adjacent to an activating group) is 1. The average Bonchev–Trinajstić information content (AvgIpc) is 2.24. The SMILES string of the molecule is CCNCC(CC)Oc1cccc(I)c1. The van der Waals surface area contributed by atoms with E-state index in [0.29, 0.717) is 0 Å². The molecule has 0 spiro atoms. The van der Waals surface area contributed by atoms with E-state index in [9.17, 15) is 0 Å². The van der Waals surface area contributed by atoms with Crippen LogP contribution in [0.4, 0.5) is 0 Å². The molecular formula is C12H18INO. The molecule has 0 aliphatic rings. The number of ether oxygens (including phenoxy) is 1. The lowest BCUT2D eigenvalue weighted by atomic mass is 10.2. The van der Waals surface area contributed by atoms with Gasteiger partial charge in [-0.15, -0.1) is 0 Å². The van der Waals surface area contributed by atoms with Crippen LogP contribution in [0.5, 0.6) is 5.75 Å². The van der Waals surface area contributed by atoms with Gasteiger partial charge in [-0.05, 0) is 53.8 Å². The molecule has 1 rings (SSSR count). The van der Waals surface area contributed by atoms with Crippen molar-refractivity contribution in [1.82, 2.24) is 5.32 Å². The molecule has 2 nitrogen and oxygen atoms in total. The van der Waals surface area contributed by atoms with Gasteiger partial charge in [0.15, 0.2) is 0 Å². The van der Waals surface area contributed by atoms with Crippen LogP contribution in [0.2, 0.25) is 0 Å². The molecule has 1 aromatic rings. The monoisotopic (exact) mass is 319 g/mol. The normalized spacial score (nSPS) is 12.5. The lowest BCUT2D eigenvalue weighted by Crippen LogP contribution is -2.30. The van der Waals surface area contributed by atoms with E-state index in [1.807, 2.05) is 12.1 Å². The molecule has 1 unspecified atom stereocenters. The van der Waals surface area contributed by atoms with Gasteiger partial charge in [0, 0.05) is 10.1 Å². The molecule has 0 bridgehead atoms. The van der Waals surface area contributed by atoms with E-state index in [1.54, 1.807) is 0 Å². The Morgan fingerprint density at radius 1 is 1.40 bits per heavy atom. The summed E-state index contributed by atoms with van der Waals surface area (Å²) in [5.41, 5.74) is 0. The number of hydrogen-bond acceptors (Lipinski definition) is 2. The van der Waals surface area contributed by atoms with Crippen LogP contribution in [0.1, 0.15) is 20.3 Å². The fourth-order valence-corrected chi connectivity index (χ4v) is 1.82. The van der Waals surface area contributed by atoms with Crippen molar-refractivity contribution in [2.24, 2.45) is 0 Å². The highest BCUT2D eigenvalue weighted by atomic mass is 127. The van der Waals surface area contributed by atoms with Crippen molar-refractivity contribution < 1.29 is 4.74 Å². The van der Waals surface area contributed by atoms with Crippen molar-refractivity contribution in [2.45, 2.75) is 26.4 Å². The molecular weight excluding hydrogens is 301 g/mol. The summed E-state index contributed by atoms with van der Waals surface area (Å²) in [6, 6.07) is 8.17. The summed E-state index contributed by atoms with van der Waals surface area (Å²) < 4.78 is 7.09. The van der Waals surface area contributed by atoms with Crippen LogP contribution in [0.3, 0.4) is 0 Å². The Hall–Kier alpha value is -0.290. The molecule has 0 aromatic heterocycles. The number of halogens is 1. The number of benzene rings is 1. The van der Waals surface area contributed by atoms with Gasteiger partial charge in [0.1, 0.15) is 11.9 Å². The zero-order chi connectivity index (χ0) is 11.1. The van der Waals surface area contributed by atoms with Crippen LogP contribution < -0.4 is 10.1 Å². The molecule has 0 fully saturated rings. The maximum absolute atomic E-state index is 5.88. The summed E-state index contributed by atoms with van der Waals surface area (Å²) >= 11 is 2.30. The Morgan fingerprint density at radius 2 is 2.20 bits per heavy atom. The molecule has 1 N–H and O–H groups in total. The quantitative estimate of drug-likeness (QED) is 0.814. The zero-order valence-electron chi connectivity index (χ0n) is 9.29. The topological polar surface area (TPSA) is 21.3 Å². The van der Waals surface area contributed by atoms with Crippen LogP contribution in [-0.4, -0.2) is 19.2 Å². The largest absolute Gasteiger partial charge is 0.489 e. The molecule has 0 aliphatic heterocycles. The second kappa shape index (κ2) is 7.06. The second-order valence-electron chi connectivity index (χ2n) is 3.41. The summed E-state index contributed by atoms with van der Waals surface area (Å²) in [4.78, 5) is 0. The molecule has 15 heavy (non-hydrogen) atoms. The van der Waals surface area contributed by atoms with Crippen molar-refractivity contribution in [3.8, 4) is 5.75 Å². The van der Waals surface area contributed by atoms with Crippen molar-refractivity contribution in [3.05, 3.63) is 27.8 Å². The van der Waals surface area contributed by atoms with Crippen molar-refractivity contribution in [1.29, 1.82) is 0 Å². The van der Waals surface area contributed by atoms with Crippen LogP contribution >= 0.6 is 22.6 Å². The highest BCUT2D eigenvalue weighted by Crippen LogP contribution is 2.16. The van der Waals surface area contributed by atoms with Gasteiger partial charge in [0.05, 0.1) is 0 Å². The highest BCUT2D eigenvalue weighted by molar-refractivity contribution is 14.1. The summed E-state index contributed by atoms with van der Waals surface area (Å²) in [5.74, 6) is 0.964. The predicted octanol–water partition coefficient (Wildman–Crippen LogP) is 3.06. The van der Waals surface area contributed by atoms with Gasteiger partial charge in [-0.3, -0.25) is 0 Å². The van der Waals surface area contributed by atoms with Crippen LogP contribution in [0.15, 0.2) is 24.3 Å². The molecule has 0 saturated heterocycles. The Labute approximate surface area is 106 Å². The highest BCUT2D eigenvalue weighted by Gasteiger charge is 2.06. The third-order valence-electron chi connectivity index (χ3n) is 2.18. The van der Waals surface area contributed by atoms with E-state index >= 15 is 0 Å². The molecule has 0 saturated carbocycles. The molecule has 84 valence electrons. The van der Waals surface area contributed by atoms with E-state index in [-0.39, 0.29) is 6.10 Å². The minimum absolute atomic E-state index is 0.267. The standard InChI is InChI=1S/C12H18INO/c1-3-11(9-14-4-2)15-12-7-5-6-10(13)8-12/h5-8,11,14H,3-4,9H2,1-2H3. The summed E-state index contributed by atoms with van der Waals surface area (Å²) in [6.07, 6.45) is 1.29. The number of nitrogens with one attached hydrogen (secondary N) is 1. The molecule has 3 heteroatoms. The van der Waals surface area contributed by atoms with E-state index < -0.39 is 0 Å². The van der Waals surface area contributed by atoms with Gasteiger partial charge in [0.25, 0.3) is 0 Å². The lowest BCUT2D eigenvalue weighted by molar-refractivity contribution is 0.194. The molecule has 0 aliphatic carbocycles. The van der Waals surface area contributed by atoms with Crippen LogP contribution in [0.25, 0.3) is 0 Å². The number of hydrogen-bond donors (Lipinski definition) is 1. The first kappa shape index (κ1) is 12.8. The van der Waals surface area contributed by atoms with E-state index in [2.05, 4.69) is 53.9 Å². The van der Waals surface area contributed by atoms with Gasteiger partial charge in [-0.25, -0.2) is 0 Å². The first-order chi connectivity index (χ1) is 7.26. The summed E-state index contributed by atoms with van der Waals surface area (Å²) in [7, 11) is 0. The summed E-state index contributed by atoms with van der Waals surface area (Å²) in [5, 5.41) is 3.31. The van der Waals surface area contributed by atoms with Gasteiger partial charge in [0.2, 0.25) is 0 Å². The van der Waals surface area contributed by atoms with E-state index in [0.717, 1.165) is 25.3 Å². The van der Waals surface area contributed by atoms with Crippen molar-refractivity contribution >= 4 is 22.6 Å². The maximum atomic E-state index is 5.88. The van der Waals surface area contributed by atoms with Crippen LogP contribution in [0, 0.1) is 3.57 Å². The zero-order valence-corrected chi connectivity index (χ0v) is 11.5. The van der Waals surface area contributed by atoms with E-state index in [1.165, 1.54) is 3.57 Å². The molecule has 0 amide bonds. The first-order valence-corrected chi connectivity index (χ1v) is 6.47. The smallest absolute Gasteiger partial charge is 0.120 e. The van der Waals surface area contributed by atoms with Crippen molar-refractivity contribution in [3.63, 3.8) is 0 Å². The molecule has 1 aromatic carbocycles. The lowest BCUT2D eigenvalue weighted by Gasteiger charge is -2.17. The Kier molecular flexibility index (Phi) is 6.02. The van der Waals surface area contributed by atoms with Crippen molar-refractivity contribution in [2.75, 3.05) is 13.1 Å². The minimum Gasteiger partial charge on any atom is -0.489 e. The fourth-order valence-electron chi connectivity index (χ4n) is 1.31. The van der Waals surface area contributed by atoms with Gasteiger partial charge >= 0.3 is 0 Å². The molecule has 0 radical (unpaired) electrons. The minimum atomic E-state index is 0.267. The third-order valence-corrected chi connectivity index (χ3v) is 2.85. The van der Waals surface area contributed by atoms with E-state index in [4.69, 9.17) is 4.74 Å². The summed E-state index contributed by atoms with van der Waals surface area (Å²) in [6.45, 7) is 6.17. The van der Waals surface area contributed by atoms with Gasteiger partial charge in [-0.1, -0.05) is 19.9 Å². The Morgan fingerprint density at radius 3 is 2.80 bits per heavy atom. The number of rotatable bonds is 6. The van der Waals surface area contributed by atoms with Crippen LogP contribution in [-0.2, 0) is 0 Å². The van der Waals surface area contributed by atoms with Gasteiger partial charge in [-0.2, -0.15) is 0 Å². The second-order valence-corrected chi connectivity index (χ2v) is 4.66. The Balaban J connectivity index is 2.50. The average molecular weight is 319 g/mol. The third kappa shape index (κ3) is 4.84. The molecule has 1 atom stereocenters. The predicted molar refractivity (Wildman–Crippen MR) is 72.4 cm³/mol. The first-order valence-electron chi connectivity index (χ1n) is 5.39. The Bertz CT molecular complexity index is 291. The fraction of sp³-hybridized carbons (Fsp3) is 0.500. The maximum Gasteiger partial charge on any atom is 0.120 e. The van der Waals surface area contributed by atoms with Gasteiger partial charge < -0.3 is 10.1 Å².